The normalized spacial score (nSPS) is 9.76. The van der Waals surface area contributed by atoms with Gasteiger partial charge < -0.3 is 0 Å². The van der Waals surface area contributed by atoms with E-state index in [9.17, 15) is 0 Å². The van der Waals surface area contributed by atoms with Gasteiger partial charge in [-0.2, -0.15) is 8.73 Å². The maximum atomic E-state index is 5.96. The molecule has 0 bridgehead atoms. The van der Waals surface area contributed by atoms with E-state index >= 15 is 0 Å². The Labute approximate surface area is 113 Å². The van der Waals surface area contributed by atoms with Crippen molar-refractivity contribution in [2.45, 2.75) is 0 Å². The van der Waals surface area contributed by atoms with Crippen LogP contribution in [-0.2, 0) is 11.4 Å². The van der Waals surface area contributed by atoms with Gasteiger partial charge >= 0.3 is 0 Å². The Hall–Kier alpha value is -1.16. The van der Waals surface area contributed by atoms with Gasteiger partial charge in [0.1, 0.15) is 0 Å². The molecule has 0 fully saturated rings. The Kier molecular flexibility index (Phi) is 4.31. The molecule has 0 spiro atoms. The molecule has 0 aliphatic heterocycles. The number of halogens is 2. The summed E-state index contributed by atoms with van der Waals surface area (Å²) in [6, 6.07) is 14.7. The third-order valence-corrected chi connectivity index (χ3v) is 3.18. The predicted octanol–water partition coefficient (Wildman–Crippen LogP) is 5.41. The summed E-state index contributed by atoms with van der Waals surface area (Å²) in [7, 11) is 0. The average Bonchev–Trinajstić information content (AvgIpc) is 2.34. The van der Waals surface area contributed by atoms with E-state index in [4.69, 9.17) is 23.2 Å². The maximum Gasteiger partial charge on any atom is 0.0961 e. The van der Waals surface area contributed by atoms with Gasteiger partial charge in [0.05, 0.1) is 32.8 Å². The summed E-state index contributed by atoms with van der Waals surface area (Å²) in [4.78, 5) is 0. The summed E-state index contributed by atoms with van der Waals surface area (Å²) >= 11 is 13.0. The Morgan fingerprint density at radius 2 is 1.12 bits per heavy atom. The quantitative estimate of drug-likeness (QED) is 0.704. The fourth-order valence-corrected chi connectivity index (χ4v) is 2.15. The lowest BCUT2D eigenvalue weighted by Gasteiger charge is -1.93. The molecule has 0 aliphatic rings. The molecule has 2 nitrogen and oxygen atoms in total. The maximum absolute atomic E-state index is 5.96. The topological polar surface area (TPSA) is 24.7 Å². The second kappa shape index (κ2) is 5.96. The van der Waals surface area contributed by atoms with Crippen molar-refractivity contribution >= 4 is 45.9 Å². The molecule has 0 saturated heterocycles. The molecule has 0 aromatic heterocycles. The highest BCUT2D eigenvalue weighted by molar-refractivity contribution is 7.57. The van der Waals surface area contributed by atoms with Gasteiger partial charge in [-0.1, -0.05) is 47.5 Å². The highest BCUT2D eigenvalue weighted by atomic mass is 35.5. The molecular formula is C12H8Cl2N2S. The number of benzene rings is 2. The number of hydrogen-bond donors (Lipinski definition) is 0. The molecule has 0 atom stereocenters. The van der Waals surface area contributed by atoms with E-state index in [1.165, 1.54) is 0 Å². The van der Waals surface area contributed by atoms with E-state index in [0.29, 0.717) is 21.4 Å². The first-order valence-corrected chi connectivity index (χ1v) is 6.33. The van der Waals surface area contributed by atoms with E-state index in [1.807, 2.05) is 36.4 Å². The van der Waals surface area contributed by atoms with Crippen molar-refractivity contribution in [3.8, 4) is 0 Å². The fourth-order valence-electron chi connectivity index (χ4n) is 1.16. The molecular weight excluding hydrogens is 275 g/mol. The highest BCUT2D eigenvalue weighted by Crippen LogP contribution is 2.25. The minimum absolute atomic E-state index is 0.606. The lowest BCUT2D eigenvalue weighted by Crippen LogP contribution is -1.66. The molecule has 2 aromatic carbocycles. The first-order chi connectivity index (χ1) is 8.27. The smallest absolute Gasteiger partial charge is 0.0961 e. The van der Waals surface area contributed by atoms with Crippen LogP contribution in [0.15, 0.2) is 57.3 Å². The molecule has 2 rings (SSSR count). The van der Waals surface area contributed by atoms with Crippen molar-refractivity contribution in [1.29, 1.82) is 0 Å². The molecule has 0 aliphatic carbocycles. The molecule has 0 amide bonds. The first kappa shape index (κ1) is 12.3. The lowest BCUT2D eigenvalue weighted by atomic mass is 10.3. The van der Waals surface area contributed by atoms with Crippen molar-refractivity contribution in [2.75, 3.05) is 0 Å². The van der Waals surface area contributed by atoms with Gasteiger partial charge in [0.2, 0.25) is 0 Å². The zero-order chi connectivity index (χ0) is 12.1. The molecule has 5 heteroatoms. The third-order valence-electron chi connectivity index (χ3n) is 1.98. The molecule has 17 heavy (non-hydrogen) atoms. The van der Waals surface area contributed by atoms with Crippen molar-refractivity contribution in [3.05, 3.63) is 58.6 Å². The minimum atomic E-state index is 0.606. The lowest BCUT2D eigenvalue weighted by molar-refractivity contribution is 1.54. The van der Waals surface area contributed by atoms with Crippen LogP contribution in [0.3, 0.4) is 0 Å². The van der Waals surface area contributed by atoms with Crippen LogP contribution in [0.4, 0.5) is 11.4 Å². The number of hydrogen-bond acceptors (Lipinski definition) is 2. The Morgan fingerprint density at radius 1 is 0.706 bits per heavy atom. The van der Waals surface area contributed by atoms with Crippen molar-refractivity contribution in [3.63, 3.8) is 0 Å². The van der Waals surface area contributed by atoms with Crippen LogP contribution in [0, 0.1) is 0 Å². The number of nitrogens with zero attached hydrogens (tertiary/aromatic N) is 2. The highest BCUT2D eigenvalue weighted by Gasteiger charge is 1.95. The fraction of sp³-hybridized carbons (Fsp3) is 0. The van der Waals surface area contributed by atoms with Crippen molar-refractivity contribution in [2.24, 2.45) is 8.73 Å². The molecule has 0 unspecified atom stereocenters. The van der Waals surface area contributed by atoms with Gasteiger partial charge in [0, 0.05) is 0 Å². The van der Waals surface area contributed by atoms with Crippen molar-refractivity contribution in [1.82, 2.24) is 0 Å². The van der Waals surface area contributed by atoms with Gasteiger partial charge in [0.15, 0.2) is 0 Å². The van der Waals surface area contributed by atoms with E-state index in [-0.39, 0.29) is 0 Å². The predicted molar refractivity (Wildman–Crippen MR) is 74.4 cm³/mol. The van der Waals surface area contributed by atoms with E-state index < -0.39 is 0 Å². The van der Waals surface area contributed by atoms with Crippen LogP contribution in [0.2, 0.25) is 10.0 Å². The Morgan fingerprint density at radius 3 is 1.53 bits per heavy atom. The van der Waals surface area contributed by atoms with Gasteiger partial charge in [0.25, 0.3) is 0 Å². The number of rotatable bonds is 2. The summed E-state index contributed by atoms with van der Waals surface area (Å²) in [6.07, 6.45) is 0. The van der Waals surface area contributed by atoms with E-state index in [0.717, 1.165) is 11.4 Å². The van der Waals surface area contributed by atoms with Crippen LogP contribution >= 0.6 is 23.2 Å². The van der Waals surface area contributed by atoms with E-state index in [2.05, 4.69) is 8.73 Å². The largest absolute Gasteiger partial charge is 0.174 e. The van der Waals surface area contributed by atoms with Crippen LogP contribution in [0.25, 0.3) is 0 Å². The third kappa shape index (κ3) is 3.40. The summed E-state index contributed by atoms with van der Waals surface area (Å²) in [5.74, 6) is 0. The van der Waals surface area contributed by atoms with Crippen LogP contribution in [0.5, 0.6) is 0 Å². The molecule has 0 heterocycles. The Bertz CT molecular complexity index is 543. The molecule has 0 N–H and O–H groups in total. The summed E-state index contributed by atoms with van der Waals surface area (Å²) < 4.78 is 8.40. The average molecular weight is 283 g/mol. The zero-order valence-electron chi connectivity index (χ0n) is 8.68. The molecule has 86 valence electrons. The van der Waals surface area contributed by atoms with Crippen molar-refractivity contribution < 1.29 is 0 Å². The second-order valence-electron chi connectivity index (χ2n) is 3.17. The van der Waals surface area contributed by atoms with Gasteiger partial charge in [-0.25, -0.2) is 0 Å². The van der Waals surface area contributed by atoms with Gasteiger partial charge in [-0.3, -0.25) is 0 Å². The van der Waals surface area contributed by atoms with Crippen LogP contribution in [0.1, 0.15) is 0 Å². The first-order valence-electron chi connectivity index (χ1n) is 4.85. The second-order valence-corrected chi connectivity index (χ2v) is 4.51. The summed E-state index contributed by atoms with van der Waals surface area (Å²) in [5.41, 5.74) is 1.41. The SMILES string of the molecule is Clc1ccccc1N=S=Nc1ccccc1Cl. The minimum Gasteiger partial charge on any atom is -0.174 e. The molecule has 0 radical (unpaired) electrons. The van der Waals surface area contributed by atoms with Crippen LogP contribution < -0.4 is 0 Å². The summed E-state index contributed by atoms with van der Waals surface area (Å²) in [5, 5.41) is 1.21. The standard InChI is InChI=1S/C12H8Cl2N2S/c13-9-5-1-3-7-11(9)15-17-16-12-8-4-2-6-10(12)14/h1-8H. The van der Waals surface area contributed by atoms with Crippen LogP contribution in [-0.4, -0.2) is 0 Å². The summed E-state index contributed by atoms with van der Waals surface area (Å²) in [6.45, 7) is 0. The molecule has 0 saturated carbocycles. The zero-order valence-corrected chi connectivity index (χ0v) is 11.0. The van der Waals surface area contributed by atoms with Gasteiger partial charge in [-0.15, -0.1) is 0 Å². The van der Waals surface area contributed by atoms with Gasteiger partial charge in [-0.05, 0) is 24.3 Å². The molecule has 2 aromatic rings. The monoisotopic (exact) mass is 282 g/mol. The van der Waals surface area contributed by atoms with E-state index in [1.54, 1.807) is 12.1 Å². The Balaban J connectivity index is 2.28.